The van der Waals surface area contributed by atoms with Gasteiger partial charge in [-0.25, -0.2) is 34.0 Å². The van der Waals surface area contributed by atoms with Crippen molar-refractivity contribution in [1.29, 1.82) is 0 Å². The largest absolute Gasteiger partial charge is 0.378 e. The van der Waals surface area contributed by atoms with Crippen LogP contribution in [-0.4, -0.2) is 65.6 Å². The Labute approximate surface area is 222 Å². The molecule has 6 aromatic rings. The Morgan fingerprint density at radius 3 is 2.64 bits per heavy atom. The van der Waals surface area contributed by atoms with Crippen LogP contribution >= 0.6 is 0 Å². The molecule has 0 aliphatic carbocycles. The van der Waals surface area contributed by atoms with Crippen LogP contribution < -0.4 is 10.6 Å². The molecule has 0 bridgehead atoms. The van der Waals surface area contributed by atoms with E-state index in [9.17, 15) is 4.79 Å². The van der Waals surface area contributed by atoms with Gasteiger partial charge in [-0.05, 0) is 42.5 Å². The van der Waals surface area contributed by atoms with E-state index in [4.69, 9.17) is 14.7 Å². The molecule has 1 N–H and O–H groups in total. The Morgan fingerprint density at radius 1 is 0.923 bits per heavy atom. The maximum absolute atomic E-state index is 11.5. The second-order valence-corrected chi connectivity index (χ2v) is 9.10. The molecule has 0 radical (unpaired) electrons. The van der Waals surface area contributed by atoms with Crippen LogP contribution in [0.1, 0.15) is 11.4 Å². The number of para-hydroxylation sites is 1. The van der Waals surface area contributed by atoms with Gasteiger partial charge in [0.05, 0.1) is 42.0 Å². The van der Waals surface area contributed by atoms with Gasteiger partial charge in [-0.1, -0.05) is 24.3 Å². The number of morpholine rings is 1. The van der Waals surface area contributed by atoms with Crippen LogP contribution in [0.4, 0.5) is 5.69 Å². The number of benzene rings is 1. The third kappa shape index (κ3) is 4.34. The van der Waals surface area contributed by atoms with Crippen LogP contribution in [0.15, 0.2) is 78.1 Å². The number of nitrogens with one attached hydrogen (secondary N) is 1. The number of H-pyrrole nitrogens is 1. The maximum Gasteiger partial charge on any atom is 0.361 e. The van der Waals surface area contributed by atoms with Gasteiger partial charge in [-0.3, -0.25) is 0 Å². The van der Waals surface area contributed by atoms with Crippen molar-refractivity contribution in [3.8, 4) is 17.1 Å². The predicted octanol–water partition coefficient (Wildman–Crippen LogP) is 3.22. The van der Waals surface area contributed by atoms with Crippen LogP contribution in [-0.2, 0) is 4.74 Å². The monoisotopic (exact) mass is 517 g/mol. The summed E-state index contributed by atoms with van der Waals surface area (Å²) in [5, 5.41) is 8.37. The first-order chi connectivity index (χ1) is 19.2. The van der Waals surface area contributed by atoms with Gasteiger partial charge < -0.3 is 9.64 Å². The highest BCUT2D eigenvalue weighted by molar-refractivity contribution is 5.84. The first-order valence-corrected chi connectivity index (χ1v) is 12.6. The minimum absolute atomic E-state index is 0.433. The van der Waals surface area contributed by atoms with E-state index in [1.807, 2.05) is 65.2 Å². The van der Waals surface area contributed by atoms with Crippen molar-refractivity contribution in [3.05, 3.63) is 95.2 Å². The average molecular weight is 518 g/mol. The highest BCUT2D eigenvalue weighted by Crippen LogP contribution is 2.30. The number of aromatic amines is 1. The van der Waals surface area contributed by atoms with Crippen molar-refractivity contribution in [2.45, 2.75) is 0 Å². The highest BCUT2D eigenvalue weighted by atomic mass is 16.5. The molecule has 1 aliphatic heterocycles. The number of rotatable bonds is 5. The van der Waals surface area contributed by atoms with E-state index in [0.29, 0.717) is 19.0 Å². The molecule has 0 spiro atoms. The zero-order chi connectivity index (χ0) is 26.2. The Hall–Kier alpha value is -5.16. The van der Waals surface area contributed by atoms with Gasteiger partial charge in [0.25, 0.3) is 0 Å². The molecule has 0 atom stereocenters. The van der Waals surface area contributed by atoms with Crippen molar-refractivity contribution >= 4 is 34.4 Å². The third-order valence-electron chi connectivity index (χ3n) is 6.68. The van der Waals surface area contributed by atoms with Crippen molar-refractivity contribution in [2.75, 3.05) is 31.2 Å². The normalized spacial score (nSPS) is 14.1. The molecule has 7 rings (SSSR count). The van der Waals surface area contributed by atoms with E-state index in [1.54, 1.807) is 12.4 Å². The molecule has 0 amide bonds. The smallest absolute Gasteiger partial charge is 0.361 e. The third-order valence-corrected chi connectivity index (χ3v) is 6.68. The van der Waals surface area contributed by atoms with E-state index < -0.39 is 5.69 Å². The van der Waals surface area contributed by atoms with Gasteiger partial charge in [0, 0.05) is 30.2 Å². The Morgan fingerprint density at radius 2 is 1.82 bits per heavy atom. The van der Waals surface area contributed by atoms with E-state index >= 15 is 0 Å². The van der Waals surface area contributed by atoms with Crippen LogP contribution in [0, 0.1) is 0 Å². The van der Waals surface area contributed by atoms with Crippen LogP contribution in [0.2, 0.25) is 0 Å². The molecule has 192 valence electrons. The Kier molecular flexibility index (Phi) is 5.67. The second kappa shape index (κ2) is 9.62. The first kappa shape index (κ1) is 23.0. The van der Waals surface area contributed by atoms with Gasteiger partial charge in [0.1, 0.15) is 12.0 Å². The van der Waals surface area contributed by atoms with E-state index in [2.05, 4.69) is 31.1 Å². The summed E-state index contributed by atoms with van der Waals surface area (Å²) in [4.78, 5) is 31.8. The summed E-state index contributed by atoms with van der Waals surface area (Å²) in [7, 11) is 0. The first-order valence-electron chi connectivity index (χ1n) is 12.6. The number of hydrogen-bond donors (Lipinski definition) is 1. The summed E-state index contributed by atoms with van der Waals surface area (Å²) in [5.74, 6) is 0.543. The number of hydrogen-bond acceptors (Lipinski definition) is 8. The number of pyridine rings is 2. The van der Waals surface area contributed by atoms with Crippen molar-refractivity contribution in [2.24, 2.45) is 0 Å². The fourth-order valence-corrected chi connectivity index (χ4v) is 4.78. The standard InChI is InChI=1S/C28H23N9O2/c38-28-30-18-36(34-28)25-10-6-20(17-29-25)26-23(9-8-21-7-5-19-3-1-2-4-22(19)32-21)33-27-24(11-12-31-37(26)27)35-13-15-39-16-14-35/h1-12,17-18H,13-16H2,(H,34,38). The Balaban J connectivity index is 1.35. The lowest BCUT2D eigenvalue weighted by Gasteiger charge is -2.28. The van der Waals surface area contributed by atoms with Crippen LogP contribution in [0.25, 0.3) is 45.8 Å². The summed E-state index contributed by atoms with van der Waals surface area (Å²) < 4.78 is 8.89. The number of aromatic nitrogens is 8. The Bertz CT molecular complexity index is 1880. The summed E-state index contributed by atoms with van der Waals surface area (Å²) in [5.41, 5.74) is 5.45. The molecule has 11 nitrogen and oxygen atoms in total. The van der Waals surface area contributed by atoms with E-state index in [-0.39, 0.29) is 0 Å². The van der Waals surface area contributed by atoms with Crippen molar-refractivity contribution in [1.82, 2.24) is 39.3 Å². The quantitative estimate of drug-likeness (QED) is 0.370. The van der Waals surface area contributed by atoms with E-state index in [0.717, 1.165) is 58.0 Å². The summed E-state index contributed by atoms with van der Waals surface area (Å²) in [6, 6.07) is 17.8. The summed E-state index contributed by atoms with van der Waals surface area (Å²) in [6.45, 7) is 2.91. The molecule has 1 aromatic carbocycles. The maximum atomic E-state index is 11.5. The lowest BCUT2D eigenvalue weighted by molar-refractivity contribution is 0.123. The van der Waals surface area contributed by atoms with Crippen molar-refractivity contribution < 1.29 is 4.74 Å². The average Bonchev–Trinajstić information content (AvgIpc) is 3.60. The van der Waals surface area contributed by atoms with Gasteiger partial charge in [0.15, 0.2) is 11.5 Å². The molecule has 1 fully saturated rings. The fourth-order valence-electron chi connectivity index (χ4n) is 4.78. The summed E-state index contributed by atoms with van der Waals surface area (Å²) in [6.07, 6.45) is 8.86. The zero-order valence-corrected chi connectivity index (χ0v) is 20.8. The van der Waals surface area contributed by atoms with E-state index in [1.165, 1.54) is 11.0 Å². The van der Waals surface area contributed by atoms with Crippen LogP contribution in [0.3, 0.4) is 0 Å². The second-order valence-electron chi connectivity index (χ2n) is 9.10. The molecule has 5 aromatic heterocycles. The lowest BCUT2D eigenvalue weighted by atomic mass is 10.1. The minimum atomic E-state index is -0.433. The number of imidazole rings is 1. The molecule has 6 heterocycles. The number of nitrogens with zero attached hydrogens (tertiary/aromatic N) is 8. The van der Waals surface area contributed by atoms with Gasteiger partial charge >= 0.3 is 5.69 Å². The topological polar surface area (TPSA) is 119 Å². The lowest BCUT2D eigenvalue weighted by Crippen LogP contribution is -2.36. The number of ether oxygens (including phenoxy) is 1. The predicted molar refractivity (Wildman–Crippen MR) is 148 cm³/mol. The molecule has 11 heteroatoms. The SMILES string of the molecule is O=c1ncn(-c2ccc(-c3c(C=Cc4ccc5ccccc5n4)nc4c(N5CCOCC5)ccnn34)cn2)[nH]1. The molecule has 0 saturated carbocycles. The fraction of sp³-hybridized carbons (Fsp3) is 0.143. The van der Waals surface area contributed by atoms with Gasteiger partial charge in [-0.2, -0.15) is 10.1 Å². The molecular formula is C28H23N9O2. The molecule has 1 aliphatic rings. The van der Waals surface area contributed by atoms with Gasteiger partial charge in [0.2, 0.25) is 0 Å². The highest BCUT2D eigenvalue weighted by Gasteiger charge is 2.21. The van der Waals surface area contributed by atoms with Gasteiger partial charge in [-0.15, -0.1) is 0 Å². The molecule has 1 saturated heterocycles. The number of fused-ring (bicyclic) bond motifs is 2. The van der Waals surface area contributed by atoms with Crippen LogP contribution in [0.5, 0.6) is 0 Å². The summed E-state index contributed by atoms with van der Waals surface area (Å²) >= 11 is 0. The molecule has 0 unspecified atom stereocenters. The minimum Gasteiger partial charge on any atom is -0.378 e. The molecule has 39 heavy (non-hydrogen) atoms. The zero-order valence-electron chi connectivity index (χ0n) is 20.8. The molecular weight excluding hydrogens is 494 g/mol. The number of anilines is 1. The van der Waals surface area contributed by atoms with Crippen molar-refractivity contribution in [3.63, 3.8) is 0 Å².